The number of aromatic nitrogens is 2. The molecule has 6 heteroatoms. The fraction of sp³-hybridized carbons (Fsp3) is 0.295. The summed E-state index contributed by atoms with van der Waals surface area (Å²) in [5.41, 5.74) is 5.52. The van der Waals surface area contributed by atoms with E-state index in [1.807, 2.05) is 44.1 Å². The van der Waals surface area contributed by atoms with Crippen molar-refractivity contribution in [3.8, 4) is 11.3 Å². The van der Waals surface area contributed by atoms with Crippen molar-refractivity contribution in [1.29, 1.82) is 0 Å². The summed E-state index contributed by atoms with van der Waals surface area (Å²) in [4.78, 5) is 33.9. The van der Waals surface area contributed by atoms with E-state index >= 15 is 0 Å². The third kappa shape index (κ3) is 5.20. The molecule has 4 aromatic carbocycles. The fourth-order valence-corrected chi connectivity index (χ4v) is 8.96. The lowest BCUT2D eigenvalue weighted by Gasteiger charge is -2.52. The molecule has 5 aromatic rings. The number of amides is 1. The number of hydrogen-bond donors (Lipinski definition) is 0. The van der Waals surface area contributed by atoms with Crippen LogP contribution >= 0.6 is 0 Å². The first-order valence-corrected chi connectivity index (χ1v) is 17.7. The summed E-state index contributed by atoms with van der Waals surface area (Å²) in [5, 5.41) is 0. The van der Waals surface area contributed by atoms with E-state index in [1.54, 1.807) is 0 Å². The van der Waals surface area contributed by atoms with Gasteiger partial charge in [0.25, 0.3) is 0 Å². The Kier molecular flexibility index (Phi) is 7.86. The molecule has 2 heterocycles. The molecule has 2 aliphatic carbocycles. The van der Waals surface area contributed by atoms with Crippen LogP contribution in [0.1, 0.15) is 62.3 Å². The second kappa shape index (κ2) is 12.3. The highest BCUT2D eigenvalue weighted by Gasteiger charge is 2.64. The highest BCUT2D eigenvalue weighted by molar-refractivity contribution is 6.11. The summed E-state index contributed by atoms with van der Waals surface area (Å²) in [5.74, 6) is 0.600. The molecule has 1 aromatic heterocycles. The molecule has 3 aliphatic rings. The minimum atomic E-state index is -0.661. The minimum Gasteiger partial charge on any atom is -0.444 e. The van der Waals surface area contributed by atoms with Crippen molar-refractivity contribution < 1.29 is 14.3 Å². The molecule has 2 saturated carbocycles. The van der Waals surface area contributed by atoms with Crippen molar-refractivity contribution in [3.05, 3.63) is 156 Å². The predicted molar refractivity (Wildman–Crippen MR) is 196 cm³/mol. The van der Waals surface area contributed by atoms with E-state index in [1.165, 1.54) is 0 Å². The number of allylic oxidation sites excluding steroid dienone is 1. The molecule has 8 rings (SSSR count). The largest absolute Gasteiger partial charge is 0.444 e. The highest BCUT2D eigenvalue weighted by Crippen LogP contribution is 2.62. The molecule has 3 fully saturated rings. The van der Waals surface area contributed by atoms with Gasteiger partial charge in [0.2, 0.25) is 0 Å². The lowest BCUT2D eigenvalue weighted by molar-refractivity contribution is -0.141. The number of hydrogen-bond acceptors (Lipinski definition) is 4. The Hall–Kier alpha value is -5.23. The van der Waals surface area contributed by atoms with Crippen LogP contribution in [0, 0.1) is 17.3 Å². The number of rotatable bonds is 6. The first-order chi connectivity index (χ1) is 24.2. The van der Waals surface area contributed by atoms with Crippen LogP contribution < -0.4 is 0 Å². The molecule has 50 heavy (non-hydrogen) atoms. The van der Waals surface area contributed by atoms with Crippen LogP contribution in [-0.4, -0.2) is 45.0 Å². The average Bonchev–Trinajstić information content (AvgIpc) is 3.69. The van der Waals surface area contributed by atoms with E-state index in [-0.39, 0.29) is 29.1 Å². The Balaban J connectivity index is 1.13. The number of piperidine rings is 1. The van der Waals surface area contributed by atoms with Crippen molar-refractivity contribution in [2.24, 2.45) is 17.3 Å². The van der Waals surface area contributed by atoms with Crippen molar-refractivity contribution in [2.75, 3.05) is 13.1 Å². The van der Waals surface area contributed by atoms with Crippen molar-refractivity contribution in [3.63, 3.8) is 0 Å². The zero-order valence-electron chi connectivity index (χ0n) is 29.0. The first kappa shape index (κ1) is 32.0. The number of nitrogens with zero attached hydrogens (tertiary/aromatic N) is 3. The Bertz CT molecular complexity index is 1950. The van der Waals surface area contributed by atoms with Crippen LogP contribution in [0.2, 0.25) is 0 Å². The van der Waals surface area contributed by atoms with E-state index in [9.17, 15) is 9.59 Å². The third-order valence-corrected chi connectivity index (χ3v) is 11.2. The van der Waals surface area contributed by atoms with Crippen molar-refractivity contribution >= 4 is 18.0 Å². The number of ketones is 1. The highest BCUT2D eigenvalue weighted by atomic mass is 16.6. The number of benzene rings is 4. The summed E-state index contributed by atoms with van der Waals surface area (Å²) in [6, 6.07) is 40.0. The van der Waals surface area contributed by atoms with Gasteiger partial charge in [-0.15, -0.1) is 0 Å². The zero-order valence-corrected chi connectivity index (χ0v) is 29.0. The maximum absolute atomic E-state index is 14.1. The van der Waals surface area contributed by atoms with Gasteiger partial charge in [-0.2, -0.15) is 0 Å². The summed E-state index contributed by atoms with van der Waals surface area (Å²) in [6.45, 7) is 6.86. The quantitative estimate of drug-likeness (QED) is 0.135. The minimum absolute atomic E-state index is 0.173. The first-order valence-electron chi connectivity index (χ1n) is 17.7. The molecule has 1 amide bonds. The average molecular weight is 662 g/mol. The van der Waals surface area contributed by atoms with E-state index < -0.39 is 11.1 Å². The third-order valence-electron chi connectivity index (χ3n) is 11.2. The molecule has 2 atom stereocenters. The van der Waals surface area contributed by atoms with Crippen LogP contribution in [0.5, 0.6) is 0 Å². The number of imidazole rings is 1. The van der Waals surface area contributed by atoms with Gasteiger partial charge >= 0.3 is 6.09 Å². The second-order valence-corrected chi connectivity index (χ2v) is 15.1. The summed E-state index contributed by atoms with van der Waals surface area (Å²) < 4.78 is 7.91. The van der Waals surface area contributed by atoms with Gasteiger partial charge in [-0.25, -0.2) is 9.78 Å². The summed E-state index contributed by atoms with van der Waals surface area (Å²) >= 11 is 0. The second-order valence-electron chi connectivity index (χ2n) is 15.1. The van der Waals surface area contributed by atoms with Gasteiger partial charge in [-0.3, -0.25) is 4.79 Å². The monoisotopic (exact) mass is 661 g/mol. The van der Waals surface area contributed by atoms with E-state index in [4.69, 9.17) is 9.72 Å². The summed E-state index contributed by atoms with van der Waals surface area (Å²) in [7, 11) is 0. The molecule has 0 radical (unpaired) electrons. The molecular weight excluding hydrogens is 619 g/mol. The van der Waals surface area contributed by atoms with Gasteiger partial charge in [0, 0.05) is 30.3 Å². The SMILES string of the molecule is CC(C)(C)OC(=O)N1CC2CCC(C1)C21C/C(=C\c2ccccc2-c2cn(C(c3ccccc3)(c3ccccc3)c3ccccc3)cn2)C1=O. The molecule has 0 N–H and O–H groups in total. The van der Waals surface area contributed by atoms with Crippen LogP contribution in [0.4, 0.5) is 4.79 Å². The van der Waals surface area contributed by atoms with Crippen molar-refractivity contribution in [2.45, 2.75) is 51.2 Å². The smallest absolute Gasteiger partial charge is 0.410 e. The predicted octanol–water partition coefficient (Wildman–Crippen LogP) is 9.01. The van der Waals surface area contributed by atoms with E-state index in [0.29, 0.717) is 13.1 Å². The van der Waals surface area contributed by atoms with Gasteiger partial charge in [-0.05, 0) is 85.8 Å². The zero-order chi connectivity index (χ0) is 34.5. The molecular formula is C44H43N3O3. The molecule has 1 saturated heterocycles. The number of Topliss-reactive ketones (excluding diaryl/α,β-unsaturated/α-hetero) is 1. The maximum atomic E-state index is 14.1. The van der Waals surface area contributed by atoms with Gasteiger partial charge in [0.05, 0.1) is 12.0 Å². The lowest BCUT2D eigenvalue weighted by Crippen LogP contribution is -2.60. The molecule has 6 nitrogen and oxygen atoms in total. The molecule has 2 bridgehead atoms. The molecule has 2 unspecified atom stereocenters. The number of likely N-dealkylation sites (tertiary alicyclic amines) is 1. The van der Waals surface area contributed by atoms with Gasteiger partial charge in [-0.1, -0.05) is 115 Å². The topological polar surface area (TPSA) is 64.4 Å². The fourth-order valence-electron chi connectivity index (χ4n) is 8.96. The number of carbonyl (C=O) groups is 2. The van der Waals surface area contributed by atoms with Crippen LogP contribution in [-0.2, 0) is 15.1 Å². The summed E-state index contributed by atoms with van der Waals surface area (Å²) in [6.07, 6.45) is 8.60. The standard InChI is InChI=1S/C44H43N3O3/c1-42(2,3)50-41(49)46-27-36-23-24-37(28-46)43(36)26-32(40(43)48)25-31-15-13-14-22-38(31)39-29-47(30-45-39)44(33-16-7-4-8-17-33,34-18-9-5-10-19-34)35-20-11-6-12-21-35/h4-22,25,29-30,36-37H,23-24,26-28H2,1-3H3/b32-25+. The van der Waals surface area contributed by atoms with Crippen LogP contribution in [0.3, 0.4) is 0 Å². The lowest BCUT2D eigenvalue weighted by atomic mass is 9.53. The Morgan fingerprint density at radius 3 is 1.82 bits per heavy atom. The van der Waals surface area contributed by atoms with Gasteiger partial charge in [0.1, 0.15) is 11.1 Å². The molecule has 252 valence electrons. The van der Waals surface area contributed by atoms with Crippen LogP contribution in [0.25, 0.3) is 17.3 Å². The van der Waals surface area contributed by atoms with Crippen molar-refractivity contribution in [1.82, 2.24) is 14.5 Å². The molecule has 1 aliphatic heterocycles. The van der Waals surface area contributed by atoms with Gasteiger partial charge in [0.15, 0.2) is 5.78 Å². The van der Waals surface area contributed by atoms with Crippen LogP contribution in [0.15, 0.2) is 133 Å². The Labute approximate surface area is 294 Å². The Morgan fingerprint density at radius 2 is 1.30 bits per heavy atom. The maximum Gasteiger partial charge on any atom is 0.410 e. The normalized spacial score (nSPS) is 22.5. The van der Waals surface area contributed by atoms with E-state index in [2.05, 4.69) is 120 Å². The van der Waals surface area contributed by atoms with E-state index in [0.717, 1.165) is 58.3 Å². The van der Waals surface area contributed by atoms with Gasteiger partial charge < -0.3 is 14.2 Å². The molecule has 1 spiro atoms. The number of carbonyl (C=O) groups excluding carboxylic acids is 2. The number of ether oxygens (including phenoxy) is 1. The Morgan fingerprint density at radius 1 is 0.780 bits per heavy atom.